The topological polar surface area (TPSA) is 15.3 Å². The maximum atomic E-state index is 6.48. The van der Waals surface area contributed by atoms with Crippen molar-refractivity contribution < 1.29 is 0 Å². The van der Waals surface area contributed by atoms with Crippen molar-refractivity contribution in [2.24, 2.45) is 0 Å². The van der Waals surface area contributed by atoms with Gasteiger partial charge in [-0.3, -0.25) is 0 Å². The van der Waals surface area contributed by atoms with Gasteiger partial charge in [0.05, 0.1) is 0 Å². The fourth-order valence-corrected chi connectivity index (χ4v) is 3.41. The molecule has 1 saturated carbocycles. The maximum absolute atomic E-state index is 6.48. The molecule has 2 nitrogen and oxygen atoms in total. The second-order valence-electron chi connectivity index (χ2n) is 6.18. The van der Waals surface area contributed by atoms with Crippen LogP contribution in [-0.4, -0.2) is 18.6 Å². The van der Waals surface area contributed by atoms with Gasteiger partial charge in [0.2, 0.25) is 0 Å². The molecule has 0 spiro atoms. The van der Waals surface area contributed by atoms with Gasteiger partial charge >= 0.3 is 0 Å². The summed E-state index contributed by atoms with van der Waals surface area (Å²) in [6.07, 6.45) is 7.86. The summed E-state index contributed by atoms with van der Waals surface area (Å²) < 4.78 is 0. The largest absolute Gasteiger partial charge is 0.369 e. The first-order valence-corrected chi connectivity index (χ1v) is 8.44. The molecule has 1 unspecified atom stereocenters. The molecule has 2 fully saturated rings. The summed E-state index contributed by atoms with van der Waals surface area (Å²) in [5, 5.41) is 4.45. The van der Waals surface area contributed by atoms with Gasteiger partial charge in [-0.2, -0.15) is 0 Å². The quantitative estimate of drug-likeness (QED) is 0.867. The summed E-state index contributed by atoms with van der Waals surface area (Å²) in [6.45, 7) is 4.37. The van der Waals surface area contributed by atoms with Crippen molar-refractivity contribution in [1.82, 2.24) is 5.32 Å². The Hall–Kier alpha value is -0.730. The van der Waals surface area contributed by atoms with Gasteiger partial charge in [0.25, 0.3) is 0 Å². The van der Waals surface area contributed by atoms with E-state index >= 15 is 0 Å². The van der Waals surface area contributed by atoms with Crippen molar-refractivity contribution in [1.29, 1.82) is 0 Å². The van der Waals surface area contributed by atoms with E-state index in [-0.39, 0.29) is 0 Å². The van der Waals surface area contributed by atoms with Crippen LogP contribution in [-0.2, 0) is 6.54 Å². The molecule has 1 atom stereocenters. The Kier molecular flexibility index (Phi) is 4.52. The summed E-state index contributed by atoms with van der Waals surface area (Å²) in [5.74, 6) is 0. The van der Waals surface area contributed by atoms with Gasteiger partial charge in [-0.15, -0.1) is 0 Å². The van der Waals surface area contributed by atoms with E-state index in [1.807, 2.05) is 0 Å². The molecule has 0 radical (unpaired) electrons. The lowest BCUT2D eigenvalue weighted by molar-refractivity contribution is 0.450. The first-order valence-electron chi connectivity index (χ1n) is 8.06. The van der Waals surface area contributed by atoms with Gasteiger partial charge in [0.1, 0.15) is 0 Å². The molecule has 3 heteroatoms. The SMILES string of the molecule is CCC1CCCCN1c1ccc(CNC2CC2)c(Cl)c1. The highest BCUT2D eigenvalue weighted by atomic mass is 35.5. The first-order chi connectivity index (χ1) is 9.78. The lowest BCUT2D eigenvalue weighted by atomic mass is 9.99. The van der Waals surface area contributed by atoms with E-state index in [9.17, 15) is 0 Å². The number of hydrogen-bond donors (Lipinski definition) is 1. The van der Waals surface area contributed by atoms with Crippen LogP contribution in [0.25, 0.3) is 0 Å². The van der Waals surface area contributed by atoms with E-state index < -0.39 is 0 Å². The number of hydrogen-bond acceptors (Lipinski definition) is 2. The van der Waals surface area contributed by atoms with E-state index in [2.05, 4.69) is 35.3 Å². The fraction of sp³-hybridized carbons (Fsp3) is 0.647. The number of rotatable bonds is 5. The van der Waals surface area contributed by atoms with Gasteiger partial charge in [0.15, 0.2) is 0 Å². The number of anilines is 1. The molecular formula is C17H25ClN2. The summed E-state index contributed by atoms with van der Waals surface area (Å²) in [5.41, 5.74) is 2.53. The van der Waals surface area contributed by atoms with E-state index in [4.69, 9.17) is 11.6 Å². The zero-order valence-electron chi connectivity index (χ0n) is 12.4. The van der Waals surface area contributed by atoms with Crippen LogP contribution >= 0.6 is 11.6 Å². The number of nitrogens with one attached hydrogen (secondary N) is 1. The van der Waals surface area contributed by atoms with E-state index in [1.54, 1.807) is 0 Å². The van der Waals surface area contributed by atoms with Crippen molar-refractivity contribution in [2.45, 2.75) is 64.1 Å². The van der Waals surface area contributed by atoms with Gasteiger partial charge < -0.3 is 10.2 Å². The number of benzene rings is 1. The van der Waals surface area contributed by atoms with Crippen molar-refractivity contribution in [2.75, 3.05) is 11.4 Å². The van der Waals surface area contributed by atoms with E-state index in [1.165, 1.54) is 56.3 Å². The van der Waals surface area contributed by atoms with Crippen LogP contribution < -0.4 is 10.2 Å². The first kappa shape index (κ1) is 14.2. The number of nitrogens with zero attached hydrogens (tertiary/aromatic N) is 1. The molecular weight excluding hydrogens is 268 g/mol. The van der Waals surface area contributed by atoms with Crippen molar-refractivity contribution in [3.63, 3.8) is 0 Å². The minimum absolute atomic E-state index is 0.690. The highest BCUT2D eigenvalue weighted by Crippen LogP contribution is 2.30. The van der Waals surface area contributed by atoms with Crippen LogP contribution in [0, 0.1) is 0 Å². The molecule has 1 aromatic carbocycles. The molecule has 0 bridgehead atoms. The van der Waals surface area contributed by atoms with Gasteiger partial charge in [-0.25, -0.2) is 0 Å². The molecule has 2 aliphatic rings. The smallest absolute Gasteiger partial charge is 0.0471 e. The average molecular weight is 293 g/mol. The third-order valence-electron chi connectivity index (χ3n) is 4.63. The maximum Gasteiger partial charge on any atom is 0.0471 e. The Bertz CT molecular complexity index is 456. The molecule has 0 amide bonds. The van der Waals surface area contributed by atoms with Gasteiger partial charge in [0, 0.05) is 35.9 Å². The Labute approximate surface area is 127 Å². The molecule has 0 aromatic heterocycles. The van der Waals surface area contributed by atoms with Crippen LogP contribution in [0.2, 0.25) is 5.02 Å². The molecule has 1 aromatic rings. The molecule has 1 N–H and O–H groups in total. The summed E-state index contributed by atoms with van der Waals surface area (Å²) >= 11 is 6.48. The van der Waals surface area contributed by atoms with Gasteiger partial charge in [-0.05, 0) is 56.2 Å². The fourth-order valence-electron chi connectivity index (χ4n) is 3.16. The second kappa shape index (κ2) is 6.36. The van der Waals surface area contributed by atoms with E-state index in [0.717, 1.165) is 17.6 Å². The zero-order chi connectivity index (χ0) is 13.9. The minimum Gasteiger partial charge on any atom is -0.369 e. The van der Waals surface area contributed by atoms with Crippen molar-refractivity contribution in [3.8, 4) is 0 Å². The lowest BCUT2D eigenvalue weighted by Gasteiger charge is -2.37. The lowest BCUT2D eigenvalue weighted by Crippen LogP contribution is -2.39. The Balaban J connectivity index is 1.70. The number of piperidine rings is 1. The molecule has 1 heterocycles. The van der Waals surface area contributed by atoms with Crippen LogP contribution in [0.1, 0.15) is 51.0 Å². The third-order valence-corrected chi connectivity index (χ3v) is 4.98. The number of halogens is 1. The van der Waals surface area contributed by atoms with Crippen molar-refractivity contribution >= 4 is 17.3 Å². The van der Waals surface area contributed by atoms with Crippen molar-refractivity contribution in [3.05, 3.63) is 28.8 Å². The van der Waals surface area contributed by atoms with Crippen LogP contribution in [0.3, 0.4) is 0 Å². The third kappa shape index (κ3) is 3.29. The second-order valence-corrected chi connectivity index (χ2v) is 6.59. The summed E-state index contributed by atoms with van der Waals surface area (Å²) in [6, 6.07) is 8.05. The normalized spacial score (nSPS) is 23.1. The van der Waals surface area contributed by atoms with Crippen LogP contribution in [0.4, 0.5) is 5.69 Å². The molecule has 110 valence electrons. The predicted octanol–water partition coefficient (Wildman–Crippen LogP) is 4.36. The molecule has 1 aliphatic heterocycles. The molecule has 3 rings (SSSR count). The Morgan fingerprint density at radius 3 is 2.80 bits per heavy atom. The Morgan fingerprint density at radius 1 is 1.25 bits per heavy atom. The average Bonchev–Trinajstić information content (AvgIpc) is 3.30. The summed E-state index contributed by atoms with van der Waals surface area (Å²) in [7, 11) is 0. The summed E-state index contributed by atoms with van der Waals surface area (Å²) in [4.78, 5) is 2.55. The molecule has 1 saturated heterocycles. The molecule has 1 aliphatic carbocycles. The predicted molar refractivity (Wildman–Crippen MR) is 86.6 cm³/mol. The standard InChI is InChI=1S/C17H25ClN2/c1-2-15-5-3-4-10-20(15)16-9-6-13(17(18)11-16)12-19-14-7-8-14/h6,9,11,14-15,19H,2-5,7-8,10,12H2,1H3. The van der Waals surface area contributed by atoms with Crippen LogP contribution in [0.5, 0.6) is 0 Å². The minimum atomic E-state index is 0.690. The Morgan fingerprint density at radius 2 is 2.10 bits per heavy atom. The zero-order valence-corrected chi connectivity index (χ0v) is 13.1. The van der Waals surface area contributed by atoms with Crippen LogP contribution in [0.15, 0.2) is 18.2 Å². The highest BCUT2D eigenvalue weighted by molar-refractivity contribution is 6.31. The van der Waals surface area contributed by atoms with Gasteiger partial charge in [-0.1, -0.05) is 24.6 Å². The highest BCUT2D eigenvalue weighted by Gasteiger charge is 2.22. The monoisotopic (exact) mass is 292 g/mol. The molecule has 20 heavy (non-hydrogen) atoms. The van der Waals surface area contributed by atoms with E-state index in [0.29, 0.717) is 6.04 Å².